The van der Waals surface area contributed by atoms with Gasteiger partial charge in [0.2, 0.25) is 0 Å². The predicted molar refractivity (Wildman–Crippen MR) is 83.8 cm³/mol. The van der Waals surface area contributed by atoms with Crippen molar-refractivity contribution < 1.29 is 9.84 Å². The number of aliphatic hydroxyl groups is 1. The molecule has 1 aromatic rings. The van der Waals surface area contributed by atoms with Crippen LogP contribution in [0.5, 0.6) is 5.75 Å². The standard InChI is InChI=1S/C16H25N3O2/c1-21-15-7-6-12(9-14(15)16(17)18)10-19-8-4-2-3-5-13(19)11-20/h6-7,9,13,20H,2-5,8,10-11H2,1H3,(H3,17,18). The van der Waals surface area contributed by atoms with E-state index < -0.39 is 0 Å². The number of methoxy groups -OCH3 is 1. The summed E-state index contributed by atoms with van der Waals surface area (Å²) >= 11 is 0. The Labute approximate surface area is 126 Å². The van der Waals surface area contributed by atoms with Gasteiger partial charge in [0.25, 0.3) is 0 Å². The topological polar surface area (TPSA) is 82.6 Å². The van der Waals surface area contributed by atoms with E-state index >= 15 is 0 Å². The number of nitrogens with zero attached hydrogens (tertiary/aromatic N) is 1. The lowest BCUT2D eigenvalue weighted by Crippen LogP contribution is -2.37. The molecule has 5 nitrogen and oxygen atoms in total. The number of hydrogen-bond acceptors (Lipinski definition) is 4. The number of nitrogens with two attached hydrogens (primary N) is 1. The number of likely N-dealkylation sites (tertiary alicyclic amines) is 1. The minimum Gasteiger partial charge on any atom is -0.496 e. The van der Waals surface area contributed by atoms with Gasteiger partial charge in [0.05, 0.1) is 19.3 Å². The zero-order valence-electron chi connectivity index (χ0n) is 12.6. The first kappa shape index (κ1) is 15.8. The molecule has 1 atom stereocenters. The summed E-state index contributed by atoms with van der Waals surface area (Å²) in [5.41, 5.74) is 7.35. The SMILES string of the molecule is COc1ccc(CN2CCCCCC2CO)cc1C(=N)N. The molecular formula is C16H25N3O2. The maximum absolute atomic E-state index is 9.57. The van der Waals surface area contributed by atoms with Gasteiger partial charge in [0, 0.05) is 12.6 Å². The van der Waals surface area contributed by atoms with Crippen LogP contribution in [-0.4, -0.2) is 42.1 Å². The molecular weight excluding hydrogens is 266 g/mol. The number of hydrogen-bond donors (Lipinski definition) is 3. The summed E-state index contributed by atoms with van der Waals surface area (Å²) in [5.74, 6) is 0.643. The maximum atomic E-state index is 9.57. The molecule has 0 aliphatic carbocycles. The van der Waals surface area contributed by atoms with Crippen molar-refractivity contribution in [2.24, 2.45) is 5.73 Å². The van der Waals surface area contributed by atoms with Crippen LogP contribution in [-0.2, 0) is 6.54 Å². The van der Waals surface area contributed by atoms with Crippen LogP contribution >= 0.6 is 0 Å². The van der Waals surface area contributed by atoms with E-state index in [0.29, 0.717) is 11.3 Å². The lowest BCUT2D eigenvalue weighted by atomic mass is 10.1. The van der Waals surface area contributed by atoms with Crippen molar-refractivity contribution in [1.29, 1.82) is 5.41 Å². The number of nitrogens with one attached hydrogen (secondary N) is 1. The van der Waals surface area contributed by atoms with Crippen LogP contribution in [0.15, 0.2) is 18.2 Å². The molecule has 5 heteroatoms. The summed E-state index contributed by atoms with van der Waals surface area (Å²) in [6.07, 6.45) is 4.63. The van der Waals surface area contributed by atoms with Crippen molar-refractivity contribution in [1.82, 2.24) is 4.90 Å². The summed E-state index contributed by atoms with van der Waals surface area (Å²) in [6, 6.07) is 6.01. The minimum absolute atomic E-state index is 0.0169. The van der Waals surface area contributed by atoms with Crippen molar-refractivity contribution in [3.05, 3.63) is 29.3 Å². The Bertz CT molecular complexity index is 490. The molecule has 1 unspecified atom stereocenters. The van der Waals surface area contributed by atoms with Gasteiger partial charge in [0.1, 0.15) is 11.6 Å². The van der Waals surface area contributed by atoms with E-state index in [9.17, 15) is 5.11 Å². The summed E-state index contributed by atoms with van der Waals surface area (Å²) < 4.78 is 5.24. The number of ether oxygens (including phenoxy) is 1. The zero-order valence-corrected chi connectivity index (χ0v) is 12.6. The first-order chi connectivity index (χ1) is 10.2. The molecule has 1 heterocycles. The molecule has 1 fully saturated rings. The summed E-state index contributed by atoms with van der Waals surface area (Å²) in [6.45, 7) is 1.98. The van der Waals surface area contributed by atoms with Gasteiger partial charge in [-0.25, -0.2) is 0 Å². The molecule has 0 radical (unpaired) electrons. The van der Waals surface area contributed by atoms with Crippen molar-refractivity contribution in [2.45, 2.75) is 38.3 Å². The second-order valence-corrected chi connectivity index (χ2v) is 5.60. The van der Waals surface area contributed by atoms with Crippen molar-refractivity contribution in [3.8, 4) is 5.75 Å². The third-order valence-corrected chi connectivity index (χ3v) is 4.15. The van der Waals surface area contributed by atoms with Crippen LogP contribution in [0.25, 0.3) is 0 Å². The number of rotatable bonds is 5. The van der Waals surface area contributed by atoms with E-state index in [0.717, 1.165) is 25.1 Å². The Morgan fingerprint density at radius 1 is 1.43 bits per heavy atom. The van der Waals surface area contributed by atoms with Crippen LogP contribution in [0.4, 0.5) is 0 Å². The van der Waals surface area contributed by atoms with Crippen LogP contribution in [0.2, 0.25) is 0 Å². The lowest BCUT2D eigenvalue weighted by molar-refractivity contribution is 0.118. The molecule has 116 valence electrons. The smallest absolute Gasteiger partial charge is 0.129 e. The highest BCUT2D eigenvalue weighted by atomic mass is 16.5. The second kappa shape index (κ2) is 7.43. The Kier molecular flexibility index (Phi) is 5.59. The molecule has 1 aromatic carbocycles. The normalized spacial score (nSPS) is 20.0. The number of nitrogen functional groups attached to an aromatic ring is 1. The van der Waals surface area contributed by atoms with Gasteiger partial charge in [-0.3, -0.25) is 10.3 Å². The molecule has 0 amide bonds. The molecule has 1 aliphatic rings. The van der Waals surface area contributed by atoms with Crippen LogP contribution in [0, 0.1) is 5.41 Å². The van der Waals surface area contributed by atoms with Gasteiger partial charge in [-0.1, -0.05) is 18.9 Å². The van der Waals surface area contributed by atoms with Crippen LogP contribution < -0.4 is 10.5 Å². The first-order valence-electron chi connectivity index (χ1n) is 7.52. The number of benzene rings is 1. The molecule has 1 aliphatic heterocycles. The quantitative estimate of drug-likeness (QED) is 0.570. The fourth-order valence-electron chi connectivity index (χ4n) is 2.95. The van der Waals surface area contributed by atoms with Gasteiger partial charge >= 0.3 is 0 Å². The van der Waals surface area contributed by atoms with Crippen molar-refractivity contribution in [3.63, 3.8) is 0 Å². The third kappa shape index (κ3) is 3.95. The Balaban J connectivity index is 2.17. The molecule has 0 spiro atoms. The maximum Gasteiger partial charge on any atom is 0.129 e. The molecule has 0 bridgehead atoms. The van der Waals surface area contributed by atoms with Gasteiger partial charge < -0.3 is 15.6 Å². The average Bonchev–Trinajstić information content (AvgIpc) is 2.72. The number of aliphatic hydroxyl groups excluding tert-OH is 1. The summed E-state index contributed by atoms with van der Waals surface area (Å²) in [4.78, 5) is 2.33. The number of amidine groups is 1. The lowest BCUT2D eigenvalue weighted by Gasteiger charge is -2.28. The molecule has 21 heavy (non-hydrogen) atoms. The Hall–Kier alpha value is -1.59. The largest absolute Gasteiger partial charge is 0.496 e. The van der Waals surface area contributed by atoms with E-state index in [1.54, 1.807) is 7.11 Å². The van der Waals surface area contributed by atoms with Crippen LogP contribution in [0.1, 0.15) is 36.8 Å². The van der Waals surface area contributed by atoms with E-state index in [-0.39, 0.29) is 18.5 Å². The van der Waals surface area contributed by atoms with Crippen molar-refractivity contribution in [2.75, 3.05) is 20.3 Å². The molecule has 0 saturated carbocycles. The predicted octanol–water partition coefficient (Wildman–Crippen LogP) is 1.72. The summed E-state index contributed by atoms with van der Waals surface area (Å²) in [7, 11) is 1.58. The van der Waals surface area contributed by atoms with E-state index in [2.05, 4.69) is 4.90 Å². The second-order valence-electron chi connectivity index (χ2n) is 5.60. The Morgan fingerprint density at radius 2 is 2.24 bits per heavy atom. The highest BCUT2D eigenvalue weighted by Crippen LogP contribution is 2.23. The first-order valence-corrected chi connectivity index (χ1v) is 7.52. The molecule has 4 N–H and O–H groups in total. The zero-order chi connectivity index (χ0) is 15.2. The van der Waals surface area contributed by atoms with E-state index in [1.807, 2.05) is 18.2 Å². The fourth-order valence-corrected chi connectivity index (χ4v) is 2.95. The van der Waals surface area contributed by atoms with Gasteiger partial charge in [-0.15, -0.1) is 0 Å². The van der Waals surface area contributed by atoms with E-state index in [1.165, 1.54) is 19.3 Å². The van der Waals surface area contributed by atoms with Crippen molar-refractivity contribution >= 4 is 5.84 Å². The van der Waals surface area contributed by atoms with Gasteiger partial charge in [-0.05, 0) is 37.1 Å². The van der Waals surface area contributed by atoms with Gasteiger partial charge in [-0.2, -0.15) is 0 Å². The van der Waals surface area contributed by atoms with E-state index in [4.69, 9.17) is 15.9 Å². The molecule has 1 saturated heterocycles. The monoisotopic (exact) mass is 291 g/mol. The van der Waals surface area contributed by atoms with Crippen LogP contribution in [0.3, 0.4) is 0 Å². The average molecular weight is 291 g/mol. The Morgan fingerprint density at radius 3 is 2.90 bits per heavy atom. The highest BCUT2D eigenvalue weighted by molar-refractivity contribution is 5.97. The molecule has 2 rings (SSSR count). The van der Waals surface area contributed by atoms with Gasteiger partial charge in [0.15, 0.2) is 0 Å². The minimum atomic E-state index is 0.0169. The fraction of sp³-hybridized carbons (Fsp3) is 0.562. The highest BCUT2D eigenvalue weighted by Gasteiger charge is 2.20. The molecule has 0 aromatic heterocycles. The summed E-state index contributed by atoms with van der Waals surface area (Å²) in [5, 5.41) is 17.2. The third-order valence-electron chi connectivity index (χ3n) is 4.15.